The minimum absolute atomic E-state index is 0.555. The van der Waals surface area contributed by atoms with E-state index in [0.717, 1.165) is 17.2 Å². The molecule has 0 bridgehead atoms. The van der Waals surface area contributed by atoms with Crippen LogP contribution in [0, 0.1) is 11.3 Å². The van der Waals surface area contributed by atoms with E-state index in [9.17, 15) is 0 Å². The number of thioether (sulfide) groups is 1. The van der Waals surface area contributed by atoms with E-state index in [1.54, 1.807) is 0 Å². The molecule has 2 heteroatoms. The van der Waals surface area contributed by atoms with Crippen molar-refractivity contribution in [3.63, 3.8) is 0 Å². The van der Waals surface area contributed by atoms with Crippen molar-refractivity contribution < 1.29 is 0 Å². The molecule has 0 aromatic rings. The van der Waals surface area contributed by atoms with Crippen molar-refractivity contribution in [1.29, 1.82) is 0 Å². The third-order valence-corrected chi connectivity index (χ3v) is 5.42. The van der Waals surface area contributed by atoms with Crippen LogP contribution in [0.4, 0.5) is 0 Å². The first-order valence-corrected chi connectivity index (χ1v) is 8.34. The molecular formula is C15H31NS. The van der Waals surface area contributed by atoms with Crippen molar-refractivity contribution in [2.45, 2.75) is 71.6 Å². The van der Waals surface area contributed by atoms with Crippen LogP contribution in [0.25, 0.3) is 0 Å². The predicted octanol–water partition coefficient (Wildman–Crippen LogP) is 4.32. The van der Waals surface area contributed by atoms with Crippen LogP contribution in [0.15, 0.2) is 0 Å². The highest BCUT2D eigenvalue weighted by molar-refractivity contribution is 7.99. The summed E-state index contributed by atoms with van der Waals surface area (Å²) in [6.45, 7) is 13.0. The van der Waals surface area contributed by atoms with E-state index in [1.807, 2.05) is 0 Å². The minimum Gasteiger partial charge on any atom is -0.313 e. The first-order chi connectivity index (χ1) is 7.94. The fourth-order valence-electron chi connectivity index (χ4n) is 2.58. The Kier molecular flexibility index (Phi) is 6.36. The van der Waals surface area contributed by atoms with Crippen LogP contribution in [0.1, 0.15) is 60.3 Å². The van der Waals surface area contributed by atoms with E-state index in [-0.39, 0.29) is 0 Å². The van der Waals surface area contributed by atoms with Crippen molar-refractivity contribution in [3.05, 3.63) is 0 Å². The van der Waals surface area contributed by atoms with Crippen LogP contribution in [0.3, 0.4) is 0 Å². The molecule has 1 rings (SSSR count). The van der Waals surface area contributed by atoms with Crippen LogP contribution in [-0.2, 0) is 0 Å². The lowest BCUT2D eigenvalue weighted by Gasteiger charge is -2.41. The molecule has 1 aliphatic rings. The van der Waals surface area contributed by atoms with Gasteiger partial charge in [-0.25, -0.2) is 0 Å². The van der Waals surface area contributed by atoms with E-state index >= 15 is 0 Å². The highest BCUT2D eigenvalue weighted by Crippen LogP contribution is 2.40. The van der Waals surface area contributed by atoms with E-state index in [0.29, 0.717) is 5.41 Å². The maximum Gasteiger partial charge on any atom is 0.0206 e. The van der Waals surface area contributed by atoms with Gasteiger partial charge >= 0.3 is 0 Å². The monoisotopic (exact) mass is 257 g/mol. The van der Waals surface area contributed by atoms with Gasteiger partial charge in [-0.15, -0.1) is 0 Å². The van der Waals surface area contributed by atoms with Gasteiger partial charge in [0.1, 0.15) is 0 Å². The number of hydrogen-bond acceptors (Lipinski definition) is 2. The molecule has 0 spiro atoms. The standard InChI is InChI=1S/C15H31NS/c1-6-9-16-13-7-8-15(4,5)10-14(13)17-11-12(2)3/h12-14,16H,6-11H2,1-5H3. The molecule has 0 aromatic carbocycles. The summed E-state index contributed by atoms with van der Waals surface area (Å²) in [6.07, 6.45) is 5.38. The van der Waals surface area contributed by atoms with Gasteiger partial charge in [0.2, 0.25) is 0 Å². The molecule has 1 nitrogen and oxygen atoms in total. The highest BCUT2D eigenvalue weighted by Gasteiger charge is 2.34. The molecule has 1 aliphatic carbocycles. The van der Waals surface area contributed by atoms with Crippen LogP contribution < -0.4 is 5.32 Å². The summed E-state index contributed by atoms with van der Waals surface area (Å²) in [5, 5.41) is 4.59. The summed E-state index contributed by atoms with van der Waals surface area (Å²) >= 11 is 2.20. The Bertz CT molecular complexity index is 213. The molecule has 0 aromatic heterocycles. The fourth-order valence-corrected chi connectivity index (χ4v) is 4.24. The average Bonchev–Trinajstić information content (AvgIpc) is 2.24. The second-order valence-corrected chi connectivity index (χ2v) is 8.01. The molecule has 2 unspecified atom stereocenters. The van der Waals surface area contributed by atoms with E-state index in [4.69, 9.17) is 0 Å². The lowest BCUT2D eigenvalue weighted by molar-refractivity contribution is 0.214. The lowest BCUT2D eigenvalue weighted by atomic mass is 9.75. The van der Waals surface area contributed by atoms with Crippen molar-refractivity contribution in [1.82, 2.24) is 5.32 Å². The topological polar surface area (TPSA) is 12.0 Å². The number of nitrogens with one attached hydrogen (secondary N) is 1. The summed E-state index contributed by atoms with van der Waals surface area (Å²) in [5.74, 6) is 2.13. The molecule has 0 amide bonds. The maximum absolute atomic E-state index is 3.76. The molecule has 0 heterocycles. The Balaban J connectivity index is 2.49. The predicted molar refractivity (Wildman–Crippen MR) is 80.8 cm³/mol. The Morgan fingerprint density at radius 1 is 1.35 bits per heavy atom. The quantitative estimate of drug-likeness (QED) is 0.760. The van der Waals surface area contributed by atoms with Gasteiger partial charge in [-0.2, -0.15) is 11.8 Å². The molecule has 1 saturated carbocycles. The SMILES string of the molecule is CCCNC1CCC(C)(C)CC1SCC(C)C. The summed E-state index contributed by atoms with van der Waals surface area (Å²) < 4.78 is 0. The lowest BCUT2D eigenvalue weighted by Crippen LogP contribution is -2.45. The van der Waals surface area contributed by atoms with E-state index in [2.05, 4.69) is 51.7 Å². The smallest absolute Gasteiger partial charge is 0.0206 e. The minimum atomic E-state index is 0.555. The molecule has 1 N–H and O–H groups in total. The highest BCUT2D eigenvalue weighted by atomic mass is 32.2. The van der Waals surface area contributed by atoms with Gasteiger partial charge in [-0.1, -0.05) is 34.6 Å². The zero-order valence-electron chi connectivity index (χ0n) is 12.4. The van der Waals surface area contributed by atoms with Gasteiger partial charge < -0.3 is 5.32 Å². The van der Waals surface area contributed by atoms with Gasteiger partial charge in [0.05, 0.1) is 0 Å². The number of hydrogen-bond donors (Lipinski definition) is 1. The van der Waals surface area contributed by atoms with Gasteiger partial charge in [-0.3, -0.25) is 0 Å². The zero-order valence-corrected chi connectivity index (χ0v) is 13.2. The molecule has 0 aliphatic heterocycles. The summed E-state index contributed by atoms with van der Waals surface area (Å²) in [7, 11) is 0. The molecule has 1 fully saturated rings. The molecule has 0 radical (unpaired) electrons. The maximum atomic E-state index is 3.76. The summed E-state index contributed by atoms with van der Waals surface area (Å²) in [6, 6.07) is 0.756. The molecular weight excluding hydrogens is 226 g/mol. The fraction of sp³-hybridized carbons (Fsp3) is 1.00. The Morgan fingerprint density at radius 3 is 2.65 bits per heavy atom. The van der Waals surface area contributed by atoms with E-state index < -0.39 is 0 Å². The third kappa shape index (κ3) is 5.65. The number of rotatable bonds is 6. The normalized spacial score (nSPS) is 28.6. The summed E-state index contributed by atoms with van der Waals surface area (Å²) in [5.41, 5.74) is 0.555. The van der Waals surface area contributed by atoms with Crippen LogP contribution in [-0.4, -0.2) is 23.6 Å². The van der Waals surface area contributed by atoms with Crippen molar-refractivity contribution >= 4 is 11.8 Å². The Morgan fingerprint density at radius 2 is 2.06 bits per heavy atom. The average molecular weight is 257 g/mol. The van der Waals surface area contributed by atoms with Crippen molar-refractivity contribution in [2.75, 3.05) is 12.3 Å². The molecule has 0 saturated heterocycles. The van der Waals surface area contributed by atoms with Gasteiger partial charge in [0.15, 0.2) is 0 Å². The molecule has 17 heavy (non-hydrogen) atoms. The van der Waals surface area contributed by atoms with E-state index in [1.165, 1.54) is 38.0 Å². The van der Waals surface area contributed by atoms with Crippen LogP contribution >= 0.6 is 11.8 Å². The second-order valence-electron chi connectivity index (χ2n) is 6.73. The third-order valence-electron chi connectivity index (χ3n) is 3.63. The van der Waals surface area contributed by atoms with Crippen LogP contribution in [0.5, 0.6) is 0 Å². The first kappa shape index (κ1) is 15.4. The van der Waals surface area contributed by atoms with Gasteiger partial charge in [-0.05, 0) is 49.3 Å². The largest absolute Gasteiger partial charge is 0.313 e. The van der Waals surface area contributed by atoms with Gasteiger partial charge in [0, 0.05) is 11.3 Å². The first-order valence-electron chi connectivity index (χ1n) is 7.29. The second kappa shape index (κ2) is 7.04. The van der Waals surface area contributed by atoms with Crippen molar-refractivity contribution in [3.8, 4) is 0 Å². The molecule has 102 valence electrons. The Labute approximate surface area is 113 Å². The molecule has 2 atom stereocenters. The van der Waals surface area contributed by atoms with Gasteiger partial charge in [0.25, 0.3) is 0 Å². The van der Waals surface area contributed by atoms with Crippen molar-refractivity contribution in [2.24, 2.45) is 11.3 Å². The van der Waals surface area contributed by atoms with Crippen LogP contribution in [0.2, 0.25) is 0 Å². The zero-order chi connectivity index (χ0) is 12.9. The Hall–Kier alpha value is 0.310. The summed E-state index contributed by atoms with van der Waals surface area (Å²) in [4.78, 5) is 0.